The van der Waals surface area contributed by atoms with Gasteiger partial charge in [0.1, 0.15) is 16.2 Å². The third kappa shape index (κ3) is 4.53. The highest BCUT2D eigenvalue weighted by Crippen LogP contribution is 2.28. The number of hydrogen-bond acceptors (Lipinski definition) is 6. The van der Waals surface area contributed by atoms with Crippen LogP contribution in [0.2, 0.25) is 0 Å². The summed E-state index contributed by atoms with van der Waals surface area (Å²) in [4.78, 5) is 24.1. The van der Waals surface area contributed by atoms with Crippen molar-refractivity contribution in [1.82, 2.24) is 9.62 Å². The van der Waals surface area contributed by atoms with Crippen LogP contribution in [0.15, 0.2) is 23.1 Å². The number of methoxy groups -OCH3 is 2. The first kappa shape index (κ1) is 21.9. The van der Waals surface area contributed by atoms with Gasteiger partial charge in [-0.25, -0.2) is 13.2 Å². The normalized spacial score (nSPS) is 12.0. The van der Waals surface area contributed by atoms with Gasteiger partial charge in [0.25, 0.3) is 5.91 Å². The van der Waals surface area contributed by atoms with Crippen molar-refractivity contribution in [2.45, 2.75) is 38.1 Å². The molecule has 0 spiro atoms. The molecule has 0 aliphatic heterocycles. The Bertz CT molecular complexity index is 769. The first-order valence-electron chi connectivity index (χ1n) is 8.14. The van der Waals surface area contributed by atoms with Crippen molar-refractivity contribution in [2.24, 2.45) is 0 Å². The van der Waals surface area contributed by atoms with E-state index in [0.29, 0.717) is 0 Å². The molecule has 0 aromatic heterocycles. The van der Waals surface area contributed by atoms with Gasteiger partial charge < -0.3 is 14.8 Å². The Morgan fingerprint density at radius 2 is 1.73 bits per heavy atom. The van der Waals surface area contributed by atoms with Crippen molar-refractivity contribution in [3.05, 3.63) is 23.8 Å². The number of rotatable bonds is 8. The highest BCUT2D eigenvalue weighted by Gasteiger charge is 2.32. The Morgan fingerprint density at radius 1 is 1.15 bits per heavy atom. The van der Waals surface area contributed by atoms with Crippen LogP contribution in [0, 0.1) is 0 Å². The molecule has 9 heteroatoms. The number of carbonyl (C=O) groups is 2. The van der Waals surface area contributed by atoms with Gasteiger partial charge in [-0.1, -0.05) is 13.8 Å². The first-order valence-corrected chi connectivity index (χ1v) is 9.58. The average Bonchev–Trinajstić information content (AvgIpc) is 2.60. The summed E-state index contributed by atoms with van der Waals surface area (Å²) in [6, 6.07) is 4.09. The number of nitrogens with zero attached hydrogens (tertiary/aromatic N) is 1. The number of carbonyl (C=O) groups excluding carboxylic acids is 2. The summed E-state index contributed by atoms with van der Waals surface area (Å²) >= 11 is 0. The van der Waals surface area contributed by atoms with Crippen LogP contribution < -0.4 is 10.1 Å². The highest BCUT2D eigenvalue weighted by atomic mass is 32.2. The van der Waals surface area contributed by atoms with E-state index in [1.54, 1.807) is 13.8 Å². The van der Waals surface area contributed by atoms with Crippen LogP contribution in [0.1, 0.15) is 38.1 Å². The van der Waals surface area contributed by atoms with E-state index in [9.17, 15) is 18.0 Å². The summed E-state index contributed by atoms with van der Waals surface area (Å²) in [5, 5.41) is 2.53. The highest BCUT2D eigenvalue weighted by molar-refractivity contribution is 7.89. The molecule has 0 aliphatic carbocycles. The van der Waals surface area contributed by atoms with E-state index in [2.05, 4.69) is 10.1 Å². The molecule has 8 nitrogen and oxygen atoms in total. The summed E-state index contributed by atoms with van der Waals surface area (Å²) in [6.07, 6.45) is 0. The summed E-state index contributed by atoms with van der Waals surface area (Å²) in [6.45, 7) is 7.01. The zero-order valence-corrected chi connectivity index (χ0v) is 16.8. The van der Waals surface area contributed by atoms with E-state index >= 15 is 0 Å². The van der Waals surface area contributed by atoms with Crippen molar-refractivity contribution < 1.29 is 27.5 Å². The van der Waals surface area contributed by atoms with Gasteiger partial charge in [0, 0.05) is 18.7 Å². The second-order valence-corrected chi connectivity index (χ2v) is 7.93. The van der Waals surface area contributed by atoms with Crippen LogP contribution >= 0.6 is 0 Å². The van der Waals surface area contributed by atoms with Crippen LogP contribution in [-0.4, -0.2) is 57.4 Å². The third-order valence-corrected chi connectivity index (χ3v) is 5.94. The minimum Gasteiger partial charge on any atom is -0.495 e. The van der Waals surface area contributed by atoms with Gasteiger partial charge in [-0.05, 0) is 32.0 Å². The van der Waals surface area contributed by atoms with Crippen molar-refractivity contribution >= 4 is 21.9 Å². The van der Waals surface area contributed by atoms with Gasteiger partial charge in [0.05, 0.1) is 14.2 Å². The minimum atomic E-state index is -3.83. The Balaban J connectivity index is 3.34. The maximum Gasteiger partial charge on any atom is 0.330 e. The Morgan fingerprint density at radius 3 is 2.19 bits per heavy atom. The number of sulfonamides is 1. The van der Waals surface area contributed by atoms with E-state index in [-0.39, 0.29) is 29.3 Å². The molecule has 0 saturated heterocycles. The molecule has 1 aromatic carbocycles. The number of benzene rings is 1. The summed E-state index contributed by atoms with van der Waals surface area (Å²) in [5.41, 5.74) is -1.17. The predicted molar refractivity (Wildman–Crippen MR) is 96.7 cm³/mol. The fourth-order valence-corrected chi connectivity index (χ4v) is 4.02. The molecule has 0 heterocycles. The van der Waals surface area contributed by atoms with Gasteiger partial charge >= 0.3 is 5.97 Å². The third-order valence-electron chi connectivity index (χ3n) is 3.87. The van der Waals surface area contributed by atoms with Gasteiger partial charge in [-0.15, -0.1) is 0 Å². The molecule has 1 N–H and O–H groups in total. The molecule has 0 fully saturated rings. The van der Waals surface area contributed by atoms with Crippen LogP contribution in [-0.2, 0) is 19.6 Å². The summed E-state index contributed by atoms with van der Waals surface area (Å²) < 4.78 is 36.7. The van der Waals surface area contributed by atoms with Gasteiger partial charge in [0.15, 0.2) is 0 Å². The Hall–Kier alpha value is -2.13. The molecule has 0 bridgehead atoms. The minimum absolute atomic E-state index is 0.0912. The lowest BCUT2D eigenvalue weighted by molar-refractivity contribution is -0.146. The monoisotopic (exact) mass is 386 g/mol. The maximum absolute atomic E-state index is 12.8. The molecule has 0 radical (unpaired) electrons. The van der Waals surface area contributed by atoms with E-state index in [1.807, 2.05) is 0 Å². The Labute approximate surface area is 154 Å². The molecule has 0 aliphatic rings. The van der Waals surface area contributed by atoms with Crippen LogP contribution in [0.5, 0.6) is 5.75 Å². The topological polar surface area (TPSA) is 102 Å². The standard InChI is InChI=1S/C17H26N2O6S/c1-7-19(8-2)26(22,23)14-11-12(9-10-13(14)24-5)15(20)18-17(3,4)16(21)25-6/h9-11H,7-8H2,1-6H3,(H,18,20). The van der Waals surface area contributed by atoms with Crippen molar-refractivity contribution in [2.75, 3.05) is 27.3 Å². The second kappa shape index (κ2) is 8.50. The van der Waals surface area contributed by atoms with Crippen LogP contribution in [0.3, 0.4) is 0 Å². The molecule has 0 unspecified atom stereocenters. The molecule has 0 atom stereocenters. The summed E-state index contributed by atoms with van der Waals surface area (Å²) in [5.74, 6) is -1.07. The smallest absolute Gasteiger partial charge is 0.330 e. The van der Waals surface area contributed by atoms with Crippen molar-refractivity contribution in [3.8, 4) is 5.75 Å². The fourth-order valence-electron chi connectivity index (χ4n) is 2.38. The molecule has 0 saturated carbocycles. The molecule has 26 heavy (non-hydrogen) atoms. The van der Waals surface area contributed by atoms with Crippen molar-refractivity contribution in [1.29, 1.82) is 0 Å². The lowest BCUT2D eigenvalue weighted by atomic mass is 10.1. The number of esters is 1. The summed E-state index contributed by atoms with van der Waals surface area (Å²) in [7, 11) is -1.25. The van der Waals surface area contributed by atoms with E-state index in [0.717, 1.165) is 0 Å². The maximum atomic E-state index is 12.8. The molecule has 1 rings (SSSR count). The number of ether oxygens (including phenoxy) is 2. The van der Waals surface area contributed by atoms with Gasteiger partial charge in [-0.3, -0.25) is 4.79 Å². The number of nitrogens with one attached hydrogen (secondary N) is 1. The lowest BCUT2D eigenvalue weighted by Gasteiger charge is -2.24. The van der Waals surface area contributed by atoms with Crippen molar-refractivity contribution in [3.63, 3.8) is 0 Å². The number of amides is 1. The zero-order valence-electron chi connectivity index (χ0n) is 16.0. The quantitative estimate of drug-likeness (QED) is 0.678. The second-order valence-electron chi connectivity index (χ2n) is 6.03. The molecular weight excluding hydrogens is 360 g/mol. The molecule has 1 aromatic rings. The van der Waals surface area contributed by atoms with E-state index in [1.165, 1.54) is 50.6 Å². The van der Waals surface area contributed by atoms with E-state index < -0.39 is 27.4 Å². The SMILES string of the molecule is CCN(CC)S(=O)(=O)c1cc(C(=O)NC(C)(C)C(=O)OC)ccc1OC. The molecular formula is C17H26N2O6S. The fraction of sp³-hybridized carbons (Fsp3) is 0.529. The zero-order chi connectivity index (χ0) is 20.1. The lowest BCUT2D eigenvalue weighted by Crippen LogP contribution is -2.50. The molecule has 1 amide bonds. The van der Waals surface area contributed by atoms with E-state index in [4.69, 9.17) is 4.74 Å². The first-order chi connectivity index (χ1) is 12.0. The van der Waals surface area contributed by atoms with Gasteiger partial charge in [0.2, 0.25) is 10.0 Å². The largest absolute Gasteiger partial charge is 0.495 e. The van der Waals surface area contributed by atoms with Crippen LogP contribution in [0.4, 0.5) is 0 Å². The van der Waals surface area contributed by atoms with Crippen LogP contribution in [0.25, 0.3) is 0 Å². The van der Waals surface area contributed by atoms with Gasteiger partial charge in [-0.2, -0.15) is 4.31 Å². The Kier molecular flexibility index (Phi) is 7.16. The predicted octanol–water partition coefficient (Wildman–Crippen LogP) is 1.41. The molecule has 146 valence electrons. The number of hydrogen-bond donors (Lipinski definition) is 1. The average molecular weight is 386 g/mol.